The van der Waals surface area contributed by atoms with Gasteiger partial charge in [0, 0.05) is 24.8 Å². The highest BCUT2D eigenvalue weighted by molar-refractivity contribution is 7.07. The Balaban J connectivity index is 1.90. The first kappa shape index (κ1) is 23.0. The number of rotatable bonds is 5. The summed E-state index contributed by atoms with van der Waals surface area (Å²) in [5.74, 6) is -0.479. The molecular formula is C25H24ClN3O3S. The molecule has 1 aliphatic heterocycles. The number of carbonyl (C=O) groups excluding carboxylic acids is 1. The first-order valence-electron chi connectivity index (χ1n) is 10.5. The highest BCUT2D eigenvalue weighted by atomic mass is 35.5. The van der Waals surface area contributed by atoms with Crippen LogP contribution in [-0.2, 0) is 9.53 Å². The third-order valence-electron chi connectivity index (χ3n) is 5.41. The minimum Gasteiger partial charge on any atom is -0.463 e. The number of fused-ring (bicyclic) bond motifs is 1. The van der Waals surface area contributed by atoms with Gasteiger partial charge in [-0.1, -0.05) is 47.2 Å². The fourth-order valence-electron chi connectivity index (χ4n) is 3.77. The summed E-state index contributed by atoms with van der Waals surface area (Å²) in [6.45, 7) is 3.75. The number of hydrogen-bond acceptors (Lipinski definition) is 6. The molecule has 1 atom stereocenters. The van der Waals surface area contributed by atoms with Gasteiger partial charge in [0.05, 0.1) is 28.5 Å². The van der Waals surface area contributed by atoms with Crippen LogP contribution in [0.15, 0.2) is 69.6 Å². The monoisotopic (exact) mass is 481 g/mol. The van der Waals surface area contributed by atoms with Gasteiger partial charge in [0.1, 0.15) is 0 Å². The zero-order valence-electron chi connectivity index (χ0n) is 18.8. The van der Waals surface area contributed by atoms with E-state index in [0.717, 1.165) is 16.8 Å². The van der Waals surface area contributed by atoms with Crippen molar-refractivity contribution in [2.24, 2.45) is 4.99 Å². The van der Waals surface area contributed by atoms with Gasteiger partial charge in [-0.25, -0.2) is 9.79 Å². The Hall–Kier alpha value is -3.16. The Bertz CT molecular complexity index is 1400. The van der Waals surface area contributed by atoms with E-state index in [9.17, 15) is 9.59 Å². The van der Waals surface area contributed by atoms with Gasteiger partial charge < -0.3 is 9.64 Å². The largest absolute Gasteiger partial charge is 0.463 e. The van der Waals surface area contributed by atoms with Gasteiger partial charge in [0.2, 0.25) is 0 Å². The summed E-state index contributed by atoms with van der Waals surface area (Å²) in [7, 11) is 3.96. The lowest BCUT2D eigenvalue weighted by atomic mass is 9.96. The molecule has 0 fully saturated rings. The molecule has 0 amide bonds. The summed E-state index contributed by atoms with van der Waals surface area (Å²) in [6.07, 6.45) is 1.85. The molecule has 0 aliphatic carbocycles. The molecular weight excluding hydrogens is 458 g/mol. The third-order valence-corrected chi connectivity index (χ3v) is 6.64. The highest BCUT2D eigenvalue weighted by Gasteiger charge is 2.33. The molecule has 4 rings (SSSR count). The van der Waals surface area contributed by atoms with Crippen LogP contribution in [0.2, 0.25) is 5.02 Å². The molecule has 8 heteroatoms. The lowest BCUT2D eigenvalue weighted by Crippen LogP contribution is -2.39. The molecule has 2 aromatic carbocycles. The zero-order valence-corrected chi connectivity index (χ0v) is 20.4. The number of aromatic nitrogens is 1. The van der Waals surface area contributed by atoms with Crippen LogP contribution in [0.1, 0.15) is 31.0 Å². The molecule has 2 heterocycles. The lowest BCUT2D eigenvalue weighted by molar-refractivity contribution is -0.139. The zero-order chi connectivity index (χ0) is 23.7. The Morgan fingerprint density at radius 2 is 1.85 bits per heavy atom. The van der Waals surface area contributed by atoms with Gasteiger partial charge in [0.25, 0.3) is 5.56 Å². The van der Waals surface area contributed by atoms with Crippen LogP contribution in [0, 0.1) is 0 Å². The number of hydrogen-bond donors (Lipinski definition) is 0. The van der Waals surface area contributed by atoms with E-state index < -0.39 is 12.0 Å². The van der Waals surface area contributed by atoms with Gasteiger partial charge in [-0.2, -0.15) is 0 Å². The summed E-state index contributed by atoms with van der Waals surface area (Å²) < 4.78 is 7.43. The van der Waals surface area contributed by atoms with Crippen molar-refractivity contribution >= 4 is 40.7 Å². The Morgan fingerprint density at radius 1 is 1.18 bits per heavy atom. The molecule has 0 saturated heterocycles. The van der Waals surface area contributed by atoms with E-state index in [1.54, 1.807) is 30.5 Å². The minimum absolute atomic E-state index is 0.204. The minimum atomic E-state index is -0.643. The second-order valence-corrected chi connectivity index (χ2v) is 9.29. The van der Waals surface area contributed by atoms with Crippen molar-refractivity contribution < 1.29 is 9.53 Å². The molecule has 1 aromatic heterocycles. The van der Waals surface area contributed by atoms with Crippen LogP contribution >= 0.6 is 22.9 Å². The van der Waals surface area contributed by atoms with E-state index >= 15 is 0 Å². The van der Waals surface area contributed by atoms with E-state index in [-0.39, 0.29) is 12.2 Å². The summed E-state index contributed by atoms with van der Waals surface area (Å²) in [6, 6.07) is 14.4. The Labute approximate surface area is 200 Å². The van der Waals surface area contributed by atoms with Gasteiger partial charge >= 0.3 is 5.97 Å². The highest BCUT2D eigenvalue weighted by Crippen LogP contribution is 2.31. The van der Waals surface area contributed by atoms with Crippen LogP contribution < -0.4 is 19.8 Å². The lowest BCUT2D eigenvalue weighted by Gasteiger charge is -2.24. The average Bonchev–Trinajstić information content (AvgIpc) is 3.08. The fraction of sp³-hybridized carbons (Fsp3) is 0.240. The van der Waals surface area contributed by atoms with E-state index in [1.807, 2.05) is 61.5 Å². The SMILES string of the molecule is CCOC(=O)C1=C(C)N=c2sc(=Cc3ccc(N(C)C)cc3)c(=O)n2[C@@H]1c1ccc(Cl)cc1. The molecule has 1 aliphatic rings. The first-order valence-corrected chi connectivity index (χ1v) is 11.7. The van der Waals surface area contributed by atoms with Crippen molar-refractivity contribution in [1.82, 2.24) is 4.57 Å². The maximum atomic E-state index is 13.5. The molecule has 3 aromatic rings. The number of nitrogens with zero attached hydrogens (tertiary/aromatic N) is 3. The normalized spacial score (nSPS) is 15.8. The van der Waals surface area contributed by atoms with Crippen molar-refractivity contribution in [3.05, 3.63) is 95.6 Å². The first-order chi connectivity index (χ1) is 15.8. The molecule has 0 spiro atoms. The maximum absolute atomic E-state index is 13.5. The summed E-state index contributed by atoms with van der Waals surface area (Å²) in [5.41, 5.74) is 3.44. The van der Waals surface area contributed by atoms with Crippen molar-refractivity contribution in [1.29, 1.82) is 0 Å². The standard InChI is InChI=1S/C25H24ClN3O3S/c1-5-32-24(31)21-15(2)27-25-29(22(21)17-8-10-18(26)11-9-17)23(30)20(33-25)14-16-6-12-19(13-7-16)28(3)4/h6-14,22H,5H2,1-4H3/t22-/m1/s1. The molecule has 33 heavy (non-hydrogen) atoms. The molecule has 0 bridgehead atoms. The number of esters is 1. The predicted octanol–water partition coefficient (Wildman–Crippen LogP) is 3.52. The topological polar surface area (TPSA) is 63.9 Å². The van der Waals surface area contributed by atoms with E-state index in [2.05, 4.69) is 4.99 Å². The van der Waals surface area contributed by atoms with Crippen molar-refractivity contribution in [3.63, 3.8) is 0 Å². The van der Waals surface area contributed by atoms with Gasteiger partial charge in [-0.05, 0) is 55.3 Å². The van der Waals surface area contributed by atoms with E-state index in [1.165, 1.54) is 11.3 Å². The summed E-state index contributed by atoms with van der Waals surface area (Å²) in [4.78, 5) is 33.6. The van der Waals surface area contributed by atoms with E-state index in [0.29, 0.717) is 25.6 Å². The smallest absolute Gasteiger partial charge is 0.338 e. The number of benzene rings is 2. The molecule has 0 radical (unpaired) electrons. The molecule has 0 N–H and O–H groups in total. The number of allylic oxidation sites excluding steroid dienone is 1. The molecule has 170 valence electrons. The van der Waals surface area contributed by atoms with Crippen LogP contribution in [0.5, 0.6) is 0 Å². The Kier molecular flexibility index (Phi) is 6.54. The maximum Gasteiger partial charge on any atom is 0.338 e. The van der Waals surface area contributed by atoms with Crippen LogP contribution in [0.3, 0.4) is 0 Å². The number of ether oxygens (including phenoxy) is 1. The average molecular weight is 482 g/mol. The second kappa shape index (κ2) is 9.37. The second-order valence-electron chi connectivity index (χ2n) is 7.84. The molecule has 0 unspecified atom stereocenters. The van der Waals surface area contributed by atoms with E-state index in [4.69, 9.17) is 16.3 Å². The third kappa shape index (κ3) is 4.51. The fourth-order valence-corrected chi connectivity index (χ4v) is 4.94. The van der Waals surface area contributed by atoms with Crippen molar-refractivity contribution in [2.75, 3.05) is 25.6 Å². The van der Waals surface area contributed by atoms with Crippen molar-refractivity contribution in [3.8, 4) is 0 Å². The quantitative estimate of drug-likeness (QED) is 0.523. The molecule has 6 nitrogen and oxygen atoms in total. The van der Waals surface area contributed by atoms with Gasteiger partial charge in [0.15, 0.2) is 4.80 Å². The summed E-state index contributed by atoms with van der Waals surface area (Å²) >= 11 is 7.39. The predicted molar refractivity (Wildman–Crippen MR) is 133 cm³/mol. The van der Waals surface area contributed by atoms with Gasteiger partial charge in [-0.3, -0.25) is 9.36 Å². The van der Waals surface area contributed by atoms with Crippen LogP contribution in [0.25, 0.3) is 6.08 Å². The molecule has 0 saturated carbocycles. The van der Waals surface area contributed by atoms with Crippen LogP contribution in [-0.4, -0.2) is 31.2 Å². The van der Waals surface area contributed by atoms with Crippen molar-refractivity contribution in [2.45, 2.75) is 19.9 Å². The number of anilines is 1. The van der Waals surface area contributed by atoms with Crippen LogP contribution in [0.4, 0.5) is 5.69 Å². The Morgan fingerprint density at radius 3 is 2.45 bits per heavy atom. The number of thiazole rings is 1. The van der Waals surface area contributed by atoms with Gasteiger partial charge in [-0.15, -0.1) is 0 Å². The summed E-state index contributed by atoms with van der Waals surface area (Å²) in [5, 5.41) is 0.575. The number of carbonyl (C=O) groups is 1. The number of halogens is 1.